The summed E-state index contributed by atoms with van der Waals surface area (Å²) in [7, 11) is 0. The molecule has 0 atom stereocenters. The van der Waals surface area contributed by atoms with E-state index in [0.29, 0.717) is 0 Å². The first-order valence-electron chi connectivity index (χ1n) is 2.65. The van der Waals surface area contributed by atoms with Crippen LogP contribution in [0.5, 0.6) is 0 Å². The number of hydrogen-bond donors (Lipinski definition) is 0. The van der Waals surface area contributed by atoms with E-state index in [1.807, 2.05) is 0 Å². The standard InChI is InChI=1S/C5H7Cl3O2/c1-2-10-4(9)5(7,8)3-6/h2-3H2,1H3. The molecule has 0 aliphatic carbocycles. The summed E-state index contributed by atoms with van der Waals surface area (Å²) in [6.45, 7) is 1.91. The van der Waals surface area contributed by atoms with Crippen LogP contribution in [0, 0.1) is 0 Å². The quantitative estimate of drug-likeness (QED) is 0.520. The Balaban J connectivity index is 3.91. The number of esters is 1. The average Bonchev–Trinajstić information content (AvgIpc) is 1.89. The van der Waals surface area contributed by atoms with Crippen molar-refractivity contribution in [1.82, 2.24) is 0 Å². The van der Waals surface area contributed by atoms with Gasteiger partial charge in [0.25, 0.3) is 0 Å². The molecule has 0 fully saturated rings. The molecule has 0 amide bonds. The van der Waals surface area contributed by atoms with Crippen molar-refractivity contribution >= 4 is 40.8 Å². The van der Waals surface area contributed by atoms with E-state index in [1.54, 1.807) is 6.92 Å². The number of rotatable bonds is 3. The minimum atomic E-state index is -1.60. The Morgan fingerprint density at radius 1 is 1.60 bits per heavy atom. The summed E-state index contributed by atoms with van der Waals surface area (Å²) in [6, 6.07) is 0. The van der Waals surface area contributed by atoms with Crippen molar-refractivity contribution < 1.29 is 9.53 Å². The molecule has 5 heteroatoms. The zero-order chi connectivity index (χ0) is 8.20. The van der Waals surface area contributed by atoms with E-state index in [2.05, 4.69) is 4.74 Å². The lowest BCUT2D eigenvalue weighted by Crippen LogP contribution is -2.30. The summed E-state index contributed by atoms with van der Waals surface area (Å²) in [4.78, 5) is 10.7. The Morgan fingerprint density at radius 2 is 2.10 bits per heavy atom. The van der Waals surface area contributed by atoms with Crippen molar-refractivity contribution in [3.63, 3.8) is 0 Å². The second-order valence-corrected chi connectivity index (χ2v) is 3.31. The normalized spacial score (nSPS) is 11.2. The van der Waals surface area contributed by atoms with Crippen molar-refractivity contribution in [3.8, 4) is 0 Å². The third-order valence-electron chi connectivity index (χ3n) is 0.742. The molecule has 0 bridgehead atoms. The van der Waals surface area contributed by atoms with E-state index >= 15 is 0 Å². The molecule has 2 nitrogen and oxygen atoms in total. The lowest BCUT2D eigenvalue weighted by Gasteiger charge is -2.12. The third kappa shape index (κ3) is 2.95. The fourth-order valence-corrected chi connectivity index (χ4v) is 0.509. The zero-order valence-electron chi connectivity index (χ0n) is 5.36. The maximum Gasteiger partial charge on any atom is 0.343 e. The van der Waals surface area contributed by atoms with Gasteiger partial charge in [-0.25, -0.2) is 4.79 Å². The monoisotopic (exact) mass is 204 g/mol. The number of halogens is 3. The maximum absolute atomic E-state index is 10.7. The summed E-state index contributed by atoms with van der Waals surface area (Å²) >= 11 is 16.1. The molecular formula is C5H7Cl3O2. The first-order chi connectivity index (χ1) is 4.54. The van der Waals surface area contributed by atoms with Crippen LogP contribution >= 0.6 is 34.8 Å². The summed E-state index contributed by atoms with van der Waals surface area (Å²) in [5, 5.41) is 0. The summed E-state index contributed by atoms with van der Waals surface area (Å²) in [5.41, 5.74) is 0. The predicted octanol–water partition coefficient (Wildman–Crippen LogP) is 1.96. The minimum absolute atomic E-state index is 0.172. The molecule has 0 N–H and O–H groups in total. The molecule has 0 aromatic heterocycles. The molecular weight excluding hydrogens is 198 g/mol. The molecule has 0 aromatic rings. The molecule has 0 saturated heterocycles. The van der Waals surface area contributed by atoms with Crippen LogP contribution in [0.1, 0.15) is 6.92 Å². The van der Waals surface area contributed by atoms with Crippen LogP contribution in [0.15, 0.2) is 0 Å². The van der Waals surface area contributed by atoms with Crippen LogP contribution < -0.4 is 0 Å². The van der Waals surface area contributed by atoms with Crippen LogP contribution in [0.25, 0.3) is 0 Å². The van der Waals surface area contributed by atoms with Gasteiger partial charge < -0.3 is 4.74 Å². The van der Waals surface area contributed by atoms with Crippen molar-refractivity contribution in [3.05, 3.63) is 0 Å². The molecule has 60 valence electrons. The van der Waals surface area contributed by atoms with Gasteiger partial charge in [-0.1, -0.05) is 23.2 Å². The molecule has 0 rings (SSSR count). The van der Waals surface area contributed by atoms with Gasteiger partial charge in [-0.15, -0.1) is 11.6 Å². The SMILES string of the molecule is CCOC(=O)C(Cl)(Cl)CCl. The molecule has 0 saturated carbocycles. The summed E-state index contributed by atoms with van der Waals surface area (Å²) in [6.07, 6.45) is 0. The second-order valence-electron chi connectivity index (χ2n) is 1.56. The van der Waals surface area contributed by atoms with E-state index in [4.69, 9.17) is 34.8 Å². The Labute approximate surface area is 74.4 Å². The molecule has 0 spiro atoms. The lowest BCUT2D eigenvalue weighted by atomic mass is 10.5. The van der Waals surface area contributed by atoms with E-state index < -0.39 is 10.3 Å². The van der Waals surface area contributed by atoms with Crippen LogP contribution in [-0.2, 0) is 9.53 Å². The highest BCUT2D eigenvalue weighted by Gasteiger charge is 2.34. The van der Waals surface area contributed by atoms with Crippen LogP contribution in [0.4, 0.5) is 0 Å². The maximum atomic E-state index is 10.7. The molecule has 0 unspecified atom stereocenters. The van der Waals surface area contributed by atoms with Gasteiger partial charge in [0.05, 0.1) is 12.5 Å². The molecule has 0 aliphatic rings. The number of carbonyl (C=O) groups is 1. The number of hydrogen-bond acceptors (Lipinski definition) is 2. The second kappa shape index (κ2) is 4.27. The minimum Gasteiger partial charge on any atom is -0.464 e. The fourth-order valence-electron chi connectivity index (χ4n) is 0.291. The number of carbonyl (C=O) groups excluding carboxylic acids is 1. The first-order valence-corrected chi connectivity index (χ1v) is 3.94. The van der Waals surface area contributed by atoms with Gasteiger partial charge >= 0.3 is 5.97 Å². The Bertz CT molecular complexity index is 124. The van der Waals surface area contributed by atoms with E-state index in [1.165, 1.54) is 0 Å². The Morgan fingerprint density at radius 3 is 2.40 bits per heavy atom. The van der Waals surface area contributed by atoms with Gasteiger partial charge in [-0.05, 0) is 6.92 Å². The zero-order valence-corrected chi connectivity index (χ0v) is 7.63. The average molecular weight is 205 g/mol. The van der Waals surface area contributed by atoms with Crippen molar-refractivity contribution in [2.75, 3.05) is 12.5 Å². The van der Waals surface area contributed by atoms with E-state index in [9.17, 15) is 4.79 Å². The third-order valence-corrected chi connectivity index (χ3v) is 1.99. The van der Waals surface area contributed by atoms with Crippen molar-refractivity contribution in [1.29, 1.82) is 0 Å². The lowest BCUT2D eigenvalue weighted by molar-refractivity contribution is -0.143. The van der Waals surface area contributed by atoms with E-state index in [-0.39, 0.29) is 12.5 Å². The first kappa shape index (κ1) is 10.3. The highest BCUT2D eigenvalue weighted by atomic mass is 35.5. The molecule has 0 radical (unpaired) electrons. The number of alkyl halides is 3. The topological polar surface area (TPSA) is 26.3 Å². The Kier molecular flexibility index (Phi) is 4.41. The van der Waals surface area contributed by atoms with Crippen molar-refractivity contribution in [2.24, 2.45) is 0 Å². The van der Waals surface area contributed by atoms with Gasteiger partial charge in [-0.3, -0.25) is 0 Å². The number of ether oxygens (including phenoxy) is 1. The molecule has 0 aliphatic heterocycles. The molecule has 0 heterocycles. The molecule has 10 heavy (non-hydrogen) atoms. The van der Waals surface area contributed by atoms with Crippen LogP contribution in [0.3, 0.4) is 0 Å². The highest BCUT2D eigenvalue weighted by molar-refractivity contribution is 6.60. The fraction of sp³-hybridized carbons (Fsp3) is 0.800. The van der Waals surface area contributed by atoms with Gasteiger partial charge in [0.15, 0.2) is 0 Å². The molecule has 0 aromatic carbocycles. The summed E-state index contributed by atoms with van der Waals surface area (Å²) in [5.74, 6) is -0.872. The highest BCUT2D eigenvalue weighted by Crippen LogP contribution is 2.23. The summed E-state index contributed by atoms with van der Waals surface area (Å²) < 4.78 is 2.91. The van der Waals surface area contributed by atoms with Gasteiger partial charge in [0.2, 0.25) is 4.33 Å². The van der Waals surface area contributed by atoms with Crippen LogP contribution in [0.2, 0.25) is 0 Å². The van der Waals surface area contributed by atoms with Gasteiger partial charge in [0.1, 0.15) is 0 Å². The smallest absolute Gasteiger partial charge is 0.343 e. The predicted molar refractivity (Wildman–Crippen MR) is 41.8 cm³/mol. The van der Waals surface area contributed by atoms with Gasteiger partial charge in [-0.2, -0.15) is 0 Å². The largest absolute Gasteiger partial charge is 0.464 e. The van der Waals surface area contributed by atoms with Crippen LogP contribution in [-0.4, -0.2) is 22.8 Å². The van der Waals surface area contributed by atoms with E-state index in [0.717, 1.165) is 0 Å². The van der Waals surface area contributed by atoms with Gasteiger partial charge in [0, 0.05) is 0 Å². The van der Waals surface area contributed by atoms with Crippen molar-refractivity contribution in [2.45, 2.75) is 11.3 Å². The Hall–Kier alpha value is 0.340.